The van der Waals surface area contributed by atoms with Gasteiger partial charge in [0.15, 0.2) is 10.9 Å². The van der Waals surface area contributed by atoms with Crippen LogP contribution in [0.5, 0.6) is 0 Å². The van der Waals surface area contributed by atoms with Crippen molar-refractivity contribution in [3.63, 3.8) is 0 Å². The molecule has 0 bridgehead atoms. The van der Waals surface area contributed by atoms with E-state index in [0.29, 0.717) is 33.6 Å². The van der Waals surface area contributed by atoms with E-state index in [4.69, 9.17) is 11.6 Å². The Labute approximate surface area is 160 Å². The molecule has 0 amide bonds. The molecule has 26 heavy (non-hydrogen) atoms. The van der Waals surface area contributed by atoms with Gasteiger partial charge in [0.2, 0.25) is 0 Å². The highest BCUT2D eigenvalue weighted by atomic mass is 35.5. The van der Waals surface area contributed by atoms with Crippen molar-refractivity contribution in [2.24, 2.45) is 0 Å². The number of carbonyl (C=O) groups is 1. The fourth-order valence-electron chi connectivity index (χ4n) is 3.63. The van der Waals surface area contributed by atoms with Gasteiger partial charge in [-0.05, 0) is 36.3 Å². The predicted molar refractivity (Wildman–Crippen MR) is 104 cm³/mol. The Bertz CT molecular complexity index is 966. The van der Waals surface area contributed by atoms with Crippen LogP contribution >= 0.6 is 23.4 Å². The number of ketones is 1. The van der Waals surface area contributed by atoms with Crippen molar-refractivity contribution >= 4 is 35.0 Å². The average Bonchev–Trinajstić information content (AvgIpc) is 2.61. The van der Waals surface area contributed by atoms with E-state index in [1.54, 1.807) is 12.1 Å². The number of H-pyrrole nitrogens is 1. The Morgan fingerprint density at radius 1 is 1.23 bits per heavy atom. The number of fused-ring (bicyclic) bond motifs is 1. The van der Waals surface area contributed by atoms with Crippen LogP contribution in [0, 0.1) is 0 Å². The van der Waals surface area contributed by atoms with Crippen molar-refractivity contribution in [3.05, 3.63) is 62.0 Å². The number of hydrogen-bond acceptors (Lipinski definition) is 5. The SMILES string of the molecule is CCSc1nc2c(c(=O)[nH]1)[C@H](c1ccc(Cl)cc1)C1=C(CCCC1=O)N2. The second-order valence-electron chi connectivity index (χ2n) is 6.34. The second kappa shape index (κ2) is 6.93. The molecule has 0 radical (unpaired) electrons. The molecular weight excluding hydrogens is 370 g/mol. The van der Waals surface area contributed by atoms with Crippen LogP contribution < -0.4 is 10.9 Å². The fraction of sp³-hybridized carbons (Fsp3) is 0.316. The molecule has 2 aliphatic rings. The predicted octanol–water partition coefficient (Wildman–Crippen LogP) is 4.10. The van der Waals surface area contributed by atoms with E-state index in [1.165, 1.54) is 11.8 Å². The number of anilines is 1. The maximum absolute atomic E-state index is 12.9. The summed E-state index contributed by atoms with van der Waals surface area (Å²) in [6, 6.07) is 7.33. The summed E-state index contributed by atoms with van der Waals surface area (Å²) >= 11 is 7.51. The monoisotopic (exact) mass is 387 g/mol. The molecule has 134 valence electrons. The third kappa shape index (κ3) is 2.97. The standard InChI is InChI=1S/C19H18ClN3O2S/c1-2-26-19-22-17-16(18(25)23-19)14(10-6-8-11(20)9-7-10)15-12(21-17)4-3-5-13(15)24/h6-9,14H,2-5H2,1H3,(H2,21,22,23,25)/t14-/m1/s1. The average molecular weight is 388 g/mol. The van der Waals surface area contributed by atoms with Crippen LogP contribution in [-0.4, -0.2) is 21.5 Å². The van der Waals surface area contributed by atoms with Crippen LogP contribution in [0.15, 0.2) is 45.5 Å². The van der Waals surface area contributed by atoms with E-state index in [-0.39, 0.29) is 11.3 Å². The summed E-state index contributed by atoms with van der Waals surface area (Å²) in [5, 5.41) is 4.48. The largest absolute Gasteiger partial charge is 0.343 e. The Hall–Kier alpha value is -2.05. The number of nitrogens with one attached hydrogen (secondary N) is 2. The highest BCUT2D eigenvalue weighted by molar-refractivity contribution is 7.99. The minimum atomic E-state index is -0.414. The third-order valence-electron chi connectivity index (χ3n) is 4.72. The van der Waals surface area contributed by atoms with Gasteiger partial charge in [0.25, 0.3) is 5.56 Å². The van der Waals surface area contributed by atoms with Crippen molar-refractivity contribution < 1.29 is 4.79 Å². The number of thioether (sulfide) groups is 1. The quantitative estimate of drug-likeness (QED) is 0.612. The van der Waals surface area contributed by atoms with Gasteiger partial charge in [-0.3, -0.25) is 9.59 Å². The first-order valence-corrected chi connectivity index (χ1v) is 10.0. The number of Topliss-reactive ketones (excluding diaryl/α,β-unsaturated/α-hetero) is 1. The molecule has 0 spiro atoms. The molecule has 1 aliphatic heterocycles. The summed E-state index contributed by atoms with van der Waals surface area (Å²) in [5.74, 6) is 1.05. The summed E-state index contributed by atoms with van der Waals surface area (Å²) < 4.78 is 0. The molecule has 2 N–H and O–H groups in total. The van der Waals surface area contributed by atoms with Crippen LogP contribution in [0.4, 0.5) is 5.82 Å². The van der Waals surface area contributed by atoms with Gasteiger partial charge in [-0.25, -0.2) is 4.98 Å². The zero-order valence-electron chi connectivity index (χ0n) is 14.3. The number of allylic oxidation sites excluding steroid dienone is 2. The molecule has 7 heteroatoms. The Morgan fingerprint density at radius 3 is 2.73 bits per heavy atom. The Morgan fingerprint density at radius 2 is 2.00 bits per heavy atom. The normalized spacial score (nSPS) is 19.0. The topological polar surface area (TPSA) is 74.8 Å². The highest BCUT2D eigenvalue weighted by Crippen LogP contribution is 2.43. The maximum Gasteiger partial charge on any atom is 0.257 e. The first-order valence-electron chi connectivity index (χ1n) is 8.64. The van der Waals surface area contributed by atoms with Crippen molar-refractivity contribution in [1.29, 1.82) is 0 Å². The van der Waals surface area contributed by atoms with E-state index >= 15 is 0 Å². The molecule has 0 saturated heterocycles. The van der Waals surface area contributed by atoms with E-state index in [9.17, 15) is 9.59 Å². The number of hydrogen-bond donors (Lipinski definition) is 2. The van der Waals surface area contributed by atoms with Crippen molar-refractivity contribution in [1.82, 2.24) is 9.97 Å². The minimum Gasteiger partial charge on any atom is -0.343 e. The Kier molecular flexibility index (Phi) is 4.63. The second-order valence-corrected chi connectivity index (χ2v) is 8.03. The molecule has 2 aromatic rings. The van der Waals surface area contributed by atoms with E-state index in [2.05, 4.69) is 15.3 Å². The lowest BCUT2D eigenvalue weighted by atomic mass is 9.76. The van der Waals surface area contributed by atoms with Crippen molar-refractivity contribution in [2.45, 2.75) is 37.3 Å². The first-order chi connectivity index (χ1) is 12.6. The molecule has 1 aromatic heterocycles. The summed E-state index contributed by atoms with van der Waals surface area (Å²) in [7, 11) is 0. The lowest BCUT2D eigenvalue weighted by molar-refractivity contribution is -0.116. The van der Waals surface area contributed by atoms with Gasteiger partial charge in [-0.15, -0.1) is 0 Å². The van der Waals surface area contributed by atoms with Gasteiger partial charge in [0, 0.05) is 28.6 Å². The molecule has 1 aromatic carbocycles. The van der Waals surface area contributed by atoms with E-state index < -0.39 is 5.92 Å². The summed E-state index contributed by atoms with van der Waals surface area (Å²) in [4.78, 5) is 33.0. The van der Waals surface area contributed by atoms with Gasteiger partial charge >= 0.3 is 0 Å². The lowest BCUT2D eigenvalue weighted by Gasteiger charge is -2.32. The number of carbonyl (C=O) groups excluding carboxylic acids is 1. The first kappa shape index (κ1) is 17.4. The summed E-state index contributed by atoms with van der Waals surface area (Å²) in [6.07, 6.45) is 2.11. The van der Waals surface area contributed by atoms with E-state index in [1.807, 2.05) is 19.1 Å². The molecule has 1 aliphatic carbocycles. The van der Waals surface area contributed by atoms with Crippen LogP contribution in [0.1, 0.15) is 43.2 Å². The van der Waals surface area contributed by atoms with Crippen LogP contribution in [0.3, 0.4) is 0 Å². The van der Waals surface area contributed by atoms with Crippen LogP contribution in [-0.2, 0) is 4.79 Å². The van der Waals surface area contributed by atoms with Gasteiger partial charge in [-0.2, -0.15) is 0 Å². The van der Waals surface area contributed by atoms with Crippen molar-refractivity contribution in [3.8, 4) is 0 Å². The zero-order valence-corrected chi connectivity index (χ0v) is 15.8. The number of nitrogens with zero attached hydrogens (tertiary/aromatic N) is 1. The molecule has 5 nitrogen and oxygen atoms in total. The minimum absolute atomic E-state index is 0.0933. The molecular formula is C19H18ClN3O2S. The molecule has 0 fully saturated rings. The Balaban J connectivity index is 1.94. The van der Waals surface area contributed by atoms with Gasteiger partial charge in [0.1, 0.15) is 5.82 Å². The third-order valence-corrected chi connectivity index (χ3v) is 5.73. The lowest BCUT2D eigenvalue weighted by Crippen LogP contribution is -2.32. The van der Waals surface area contributed by atoms with Crippen LogP contribution in [0.25, 0.3) is 0 Å². The number of benzene rings is 1. The van der Waals surface area contributed by atoms with Gasteiger partial charge in [0.05, 0.1) is 5.56 Å². The summed E-state index contributed by atoms with van der Waals surface area (Å²) in [6.45, 7) is 2.01. The number of rotatable bonds is 3. The smallest absolute Gasteiger partial charge is 0.257 e. The zero-order chi connectivity index (χ0) is 18.3. The summed E-state index contributed by atoms with van der Waals surface area (Å²) in [5.41, 5.74) is 2.75. The number of aromatic amines is 1. The number of aromatic nitrogens is 2. The van der Waals surface area contributed by atoms with Gasteiger partial charge < -0.3 is 10.3 Å². The molecule has 0 saturated carbocycles. The fourth-order valence-corrected chi connectivity index (χ4v) is 4.35. The van der Waals surface area contributed by atoms with Crippen molar-refractivity contribution in [2.75, 3.05) is 11.1 Å². The van der Waals surface area contributed by atoms with E-state index in [0.717, 1.165) is 29.9 Å². The van der Waals surface area contributed by atoms with Crippen LogP contribution in [0.2, 0.25) is 5.02 Å². The number of halogens is 1. The molecule has 4 rings (SSSR count). The molecule has 2 heterocycles. The highest BCUT2D eigenvalue weighted by Gasteiger charge is 2.37. The molecule has 0 unspecified atom stereocenters. The molecule has 1 atom stereocenters. The maximum atomic E-state index is 12.9. The van der Waals surface area contributed by atoms with Gasteiger partial charge in [-0.1, -0.05) is 42.4 Å².